The molecule has 2 heterocycles. The number of amides is 1. The van der Waals surface area contributed by atoms with Crippen molar-refractivity contribution in [3.8, 4) is 5.75 Å². The molecule has 0 fully saturated rings. The first-order valence-corrected chi connectivity index (χ1v) is 9.91. The second-order valence-corrected chi connectivity index (χ2v) is 7.69. The Balaban J connectivity index is 1.52. The first kappa shape index (κ1) is 16.9. The minimum Gasteiger partial charge on any atom is -0.494 e. The summed E-state index contributed by atoms with van der Waals surface area (Å²) < 4.78 is 6.39. The fraction of sp³-hybridized carbons (Fsp3) is 0.100. The smallest absolute Gasteiger partial charge is 0.275 e. The molecule has 0 spiro atoms. The third-order valence-corrected chi connectivity index (χ3v) is 5.98. The normalized spacial score (nSPS) is 16.1. The van der Waals surface area contributed by atoms with Gasteiger partial charge >= 0.3 is 0 Å². The standard InChI is InChI=1S/C20H16N2O2S2/c1-2-24-16-10-8-15(9-11-16)21-12-18-19(23)22-17(13-25-20(22)26-18)14-6-4-3-5-7-14/h3-13H,2H2,1H3. The molecule has 2 aromatic rings. The fourth-order valence-corrected chi connectivity index (χ4v) is 4.73. The number of benzene rings is 2. The molecule has 0 unspecified atom stereocenters. The molecule has 26 heavy (non-hydrogen) atoms. The molecule has 0 N–H and O–H groups in total. The Morgan fingerprint density at radius 1 is 1.12 bits per heavy atom. The lowest BCUT2D eigenvalue weighted by molar-refractivity contribution is -0.117. The van der Waals surface area contributed by atoms with E-state index in [1.54, 1.807) is 22.9 Å². The lowest BCUT2D eigenvalue weighted by Gasteiger charge is -2.16. The van der Waals surface area contributed by atoms with Gasteiger partial charge in [-0.1, -0.05) is 42.1 Å². The van der Waals surface area contributed by atoms with Crippen LogP contribution in [0, 0.1) is 0 Å². The molecule has 2 aliphatic rings. The third kappa shape index (κ3) is 3.25. The maximum absolute atomic E-state index is 12.8. The monoisotopic (exact) mass is 380 g/mol. The molecule has 2 aromatic carbocycles. The van der Waals surface area contributed by atoms with Gasteiger partial charge in [-0.15, -0.1) is 10.9 Å². The molecular formula is C20H16N2O2S2. The van der Waals surface area contributed by atoms with E-state index in [1.807, 2.05) is 66.9 Å². The number of rotatable bonds is 5. The highest BCUT2D eigenvalue weighted by molar-refractivity contribution is 8.29. The Morgan fingerprint density at radius 3 is 2.62 bits per heavy atom. The molecule has 4 rings (SSSR count). The van der Waals surface area contributed by atoms with E-state index in [1.165, 1.54) is 10.9 Å². The van der Waals surface area contributed by atoms with Gasteiger partial charge in [0.15, 0.2) is 0 Å². The van der Waals surface area contributed by atoms with E-state index in [9.17, 15) is 4.79 Å². The minimum atomic E-state index is -0.0280. The highest BCUT2D eigenvalue weighted by Gasteiger charge is 2.34. The van der Waals surface area contributed by atoms with E-state index in [0.29, 0.717) is 11.5 Å². The van der Waals surface area contributed by atoms with Gasteiger partial charge in [-0.2, -0.15) is 0 Å². The molecule has 0 saturated carbocycles. The van der Waals surface area contributed by atoms with Crippen LogP contribution in [0.3, 0.4) is 0 Å². The van der Waals surface area contributed by atoms with Crippen LogP contribution in [0.2, 0.25) is 0 Å². The summed E-state index contributed by atoms with van der Waals surface area (Å²) in [4.78, 5) is 19.6. The van der Waals surface area contributed by atoms with Gasteiger partial charge in [0.1, 0.15) is 14.9 Å². The van der Waals surface area contributed by atoms with Crippen molar-refractivity contribution in [3.63, 3.8) is 0 Å². The molecule has 1 amide bonds. The molecule has 6 heteroatoms. The zero-order valence-corrected chi connectivity index (χ0v) is 15.7. The topological polar surface area (TPSA) is 41.9 Å². The van der Waals surface area contributed by atoms with Crippen LogP contribution in [-0.4, -0.2) is 32.8 Å². The van der Waals surface area contributed by atoms with Gasteiger partial charge in [0.2, 0.25) is 0 Å². The van der Waals surface area contributed by atoms with Crippen LogP contribution in [0.4, 0.5) is 5.69 Å². The summed E-state index contributed by atoms with van der Waals surface area (Å²) in [6.07, 6.45) is 1.65. The molecule has 2 aliphatic heterocycles. The summed E-state index contributed by atoms with van der Waals surface area (Å²) >= 11 is 1.58. The molecular weight excluding hydrogens is 364 g/mol. The number of thioether (sulfide) groups is 1. The van der Waals surface area contributed by atoms with Gasteiger partial charge in [-0.3, -0.25) is 14.7 Å². The molecule has 0 radical (unpaired) electrons. The van der Waals surface area contributed by atoms with Gasteiger partial charge in [0.05, 0.1) is 24.2 Å². The number of aliphatic imine (C=N–C) groups is 1. The van der Waals surface area contributed by atoms with Crippen molar-refractivity contribution < 1.29 is 9.53 Å². The van der Waals surface area contributed by atoms with Crippen molar-refractivity contribution in [2.24, 2.45) is 4.99 Å². The lowest BCUT2D eigenvalue weighted by atomic mass is 10.1. The molecule has 0 atom stereocenters. The summed E-state index contributed by atoms with van der Waals surface area (Å²) in [5.74, 6) is 0.787. The van der Waals surface area contributed by atoms with Crippen molar-refractivity contribution in [1.29, 1.82) is 0 Å². The summed E-state index contributed by atoms with van der Waals surface area (Å²) in [6, 6.07) is 17.5. The maximum Gasteiger partial charge on any atom is 0.275 e. The van der Waals surface area contributed by atoms with Crippen molar-refractivity contribution in [2.75, 3.05) is 6.61 Å². The summed E-state index contributed by atoms with van der Waals surface area (Å²) in [5.41, 5.74) is 2.75. The number of fused-ring (bicyclic) bond motifs is 1. The van der Waals surface area contributed by atoms with E-state index in [4.69, 9.17) is 4.74 Å². The van der Waals surface area contributed by atoms with Crippen LogP contribution in [0.1, 0.15) is 12.5 Å². The van der Waals surface area contributed by atoms with E-state index >= 15 is 0 Å². The van der Waals surface area contributed by atoms with Crippen LogP contribution < -0.4 is 4.74 Å². The van der Waals surface area contributed by atoms with Crippen LogP contribution in [-0.2, 0) is 4.79 Å². The molecule has 0 saturated heterocycles. The van der Waals surface area contributed by atoms with Crippen molar-refractivity contribution in [3.05, 3.63) is 65.6 Å². The highest BCUT2D eigenvalue weighted by Crippen LogP contribution is 2.36. The zero-order valence-electron chi connectivity index (χ0n) is 14.1. The average molecular weight is 380 g/mol. The predicted octanol–water partition coefficient (Wildman–Crippen LogP) is 4.37. The van der Waals surface area contributed by atoms with Gasteiger partial charge in [-0.25, -0.2) is 0 Å². The summed E-state index contributed by atoms with van der Waals surface area (Å²) in [6.45, 7) is 2.58. The quantitative estimate of drug-likeness (QED) is 0.571. The number of carbonyl (C=O) groups is 1. The second-order valence-electron chi connectivity index (χ2n) is 5.54. The Hall–Kier alpha value is -2.57. The predicted molar refractivity (Wildman–Crippen MR) is 112 cm³/mol. The molecule has 130 valence electrons. The number of hydrogen-bond donors (Lipinski definition) is 0. The van der Waals surface area contributed by atoms with Gasteiger partial charge < -0.3 is 4.74 Å². The Morgan fingerprint density at radius 2 is 1.88 bits per heavy atom. The average Bonchev–Trinajstić information content (AvgIpc) is 3.23. The highest BCUT2D eigenvalue weighted by atomic mass is 32.2. The molecule has 0 aromatic heterocycles. The SMILES string of the molecule is CCOc1ccc(N=CC2=S=C3SC=C(c4ccccc4)N3C2=O)cc1. The number of ether oxygens (including phenoxy) is 1. The van der Waals surface area contributed by atoms with Gasteiger partial charge in [0.25, 0.3) is 5.91 Å². The van der Waals surface area contributed by atoms with Crippen LogP contribution >= 0.6 is 22.7 Å². The van der Waals surface area contributed by atoms with Crippen molar-refractivity contribution >= 4 is 55.4 Å². The Kier molecular flexibility index (Phi) is 4.77. The summed E-state index contributed by atoms with van der Waals surface area (Å²) in [5, 5.41) is 2.02. The van der Waals surface area contributed by atoms with Gasteiger partial charge in [0, 0.05) is 5.41 Å². The van der Waals surface area contributed by atoms with E-state index in [-0.39, 0.29) is 5.91 Å². The van der Waals surface area contributed by atoms with E-state index in [0.717, 1.165) is 27.0 Å². The summed E-state index contributed by atoms with van der Waals surface area (Å²) in [7, 11) is 1.46. The number of hydrogen-bond acceptors (Lipinski definition) is 4. The second kappa shape index (κ2) is 7.35. The van der Waals surface area contributed by atoms with Gasteiger partial charge in [-0.05, 0) is 36.8 Å². The Labute approximate surface area is 159 Å². The third-order valence-electron chi connectivity index (χ3n) is 3.85. The van der Waals surface area contributed by atoms with Crippen LogP contribution in [0.25, 0.3) is 5.70 Å². The van der Waals surface area contributed by atoms with E-state index in [2.05, 4.69) is 4.99 Å². The molecule has 4 nitrogen and oxygen atoms in total. The zero-order chi connectivity index (χ0) is 17.9. The minimum absolute atomic E-state index is 0.0280. The van der Waals surface area contributed by atoms with Crippen LogP contribution in [0.15, 0.2) is 65.0 Å². The first-order chi connectivity index (χ1) is 12.8. The molecule has 0 aliphatic carbocycles. The van der Waals surface area contributed by atoms with Crippen LogP contribution in [0.5, 0.6) is 5.75 Å². The van der Waals surface area contributed by atoms with Crippen molar-refractivity contribution in [1.82, 2.24) is 4.90 Å². The largest absolute Gasteiger partial charge is 0.494 e. The number of nitrogens with zero attached hydrogens (tertiary/aromatic N) is 2. The lowest BCUT2D eigenvalue weighted by Crippen LogP contribution is -2.31. The Bertz CT molecular complexity index is 973. The fourth-order valence-electron chi connectivity index (χ4n) is 2.64. The molecule has 0 bridgehead atoms. The maximum atomic E-state index is 12.8. The van der Waals surface area contributed by atoms with E-state index < -0.39 is 0 Å². The number of carbonyl (C=O) groups excluding carboxylic acids is 1. The first-order valence-electron chi connectivity index (χ1n) is 8.21. The van der Waals surface area contributed by atoms with Crippen molar-refractivity contribution in [2.45, 2.75) is 6.92 Å².